The number of esters is 1. The molecule has 6 nitrogen and oxygen atoms in total. The second-order valence-electron chi connectivity index (χ2n) is 5.61. The molecule has 1 saturated heterocycles. The van der Waals surface area contributed by atoms with Gasteiger partial charge < -0.3 is 14.4 Å². The molecule has 2 heterocycles. The molecule has 3 rings (SSSR count). The molecule has 0 aliphatic carbocycles. The van der Waals surface area contributed by atoms with E-state index in [1.54, 1.807) is 24.4 Å². The number of anilines is 1. The lowest BCUT2D eigenvalue weighted by molar-refractivity contribution is -0.145. The molecule has 1 aromatic heterocycles. The number of hydrogen-bond acceptors (Lipinski definition) is 6. The predicted molar refractivity (Wildman–Crippen MR) is 85.4 cm³/mol. The maximum Gasteiger partial charge on any atom is 0.311 e. The Morgan fingerprint density at radius 2 is 2.12 bits per heavy atom. The zero-order valence-corrected chi connectivity index (χ0v) is 13.5. The van der Waals surface area contributed by atoms with Gasteiger partial charge in [0.15, 0.2) is 5.82 Å². The van der Waals surface area contributed by atoms with Crippen LogP contribution in [0.2, 0.25) is 0 Å². The van der Waals surface area contributed by atoms with Crippen LogP contribution in [0.1, 0.15) is 11.5 Å². The smallest absolute Gasteiger partial charge is 0.311 e. The maximum atomic E-state index is 14.5. The third kappa shape index (κ3) is 3.02. The lowest BCUT2D eigenvalue weighted by Gasteiger charge is -2.17. The van der Waals surface area contributed by atoms with Gasteiger partial charge in [-0.3, -0.25) is 4.79 Å². The quantitative estimate of drug-likeness (QED) is 0.799. The van der Waals surface area contributed by atoms with Crippen molar-refractivity contribution in [3.8, 4) is 5.75 Å². The summed E-state index contributed by atoms with van der Waals surface area (Å²) in [5, 5.41) is 7.93. The Hall–Kier alpha value is -2.70. The third-order valence-electron chi connectivity index (χ3n) is 4.31. The van der Waals surface area contributed by atoms with E-state index >= 15 is 0 Å². The van der Waals surface area contributed by atoms with Crippen LogP contribution in [-0.4, -0.2) is 43.5 Å². The molecule has 7 heteroatoms. The molecule has 0 bridgehead atoms. The molecule has 1 aliphatic rings. The van der Waals surface area contributed by atoms with Crippen LogP contribution in [-0.2, 0) is 9.53 Å². The first-order chi connectivity index (χ1) is 11.6. The SMILES string of the molecule is COC(=O)C1CN(c2cccnn2)C[C@H]1c1ccc(OC)cc1F. The monoisotopic (exact) mass is 331 g/mol. The minimum atomic E-state index is -0.472. The van der Waals surface area contributed by atoms with Crippen LogP contribution in [0.15, 0.2) is 36.5 Å². The standard InChI is InChI=1S/C17H18FN3O3/c1-23-11-5-6-12(15(18)8-11)13-9-21(10-14(13)17(22)24-2)16-4-3-7-19-20-16/h3-8,13-14H,9-10H2,1-2H3/t13-,14?/m0/s1. The summed E-state index contributed by atoms with van der Waals surface area (Å²) in [6.45, 7) is 0.864. The van der Waals surface area contributed by atoms with Gasteiger partial charge in [0, 0.05) is 31.3 Å². The van der Waals surface area contributed by atoms with Gasteiger partial charge >= 0.3 is 5.97 Å². The summed E-state index contributed by atoms with van der Waals surface area (Å²) in [4.78, 5) is 14.1. The van der Waals surface area contributed by atoms with Gasteiger partial charge in [0.1, 0.15) is 11.6 Å². The second kappa shape index (κ2) is 6.82. The van der Waals surface area contributed by atoms with Crippen LogP contribution in [0.25, 0.3) is 0 Å². The van der Waals surface area contributed by atoms with Gasteiger partial charge in [-0.05, 0) is 23.8 Å². The molecule has 0 amide bonds. The van der Waals surface area contributed by atoms with E-state index in [9.17, 15) is 9.18 Å². The lowest BCUT2D eigenvalue weighted by Crippen LogP contribution is -2.25. The highest BCUT2D eigenvalue weighted by atomic mass is 19.1. The molecular weight excluding hydrogens is 313 g/mol. The summed E-state index contributed by atoms with van der Waals surface area (Å²) in [6, 6.07) is 8.27. The number of hydrogen-bond donors (Lipinski definition) is 0. The molecule has 1 aliphatic heterocycles. The van der Waals surface area contributed by atoms with Gasteiger partial charge in [-0.1, -0.05) is 6.07 Å². The molecule has 1 unspecified atom stereocenters. The number of halogens is 1. The first-order valence-corrected chi connectivity index (χ1v) is 7.58. The van der Waals surface area contributed by atoms with Crippen LogP contribution in [0.5, 0.6) is 5.75 Å². The molecule has 0 spiro atoms. The van der Waals surface area contributed by atoms with Crippen LogP contribution in [0.4, 0.5) is 10.2 Å². The fraction of sp³-hybridized carbons (Fsp3) is 0.353. The van der Waals surface area contributed by atoms with E-state index in [1.165, 1.54) is 20.3 Å². The fourth-order valence-electron chi connectivity index (χ4n) is 3.09. The van der Waals surface area contributed by atoms with Gasteiger partial charge in [-0.25, -0.2) is 4.39 Å². The van der Waals surface area contributed by atoms with Crippen molar-refractivity contribution in [2.75, 3.05) is 32.2 Å². The molecule has 126 valence electrons. The van der Waals surface area contributed by atoms with Crippen molar-refractivity contribution in [2.45, 2.75) is 5.92 Å². The Labute approximate surface area is 139 Å². The third-order valence-corrected chi connectivity index (χ3v) is 4.31. The van der Waals surface area contributed by atoms with E-state index in [-0.39, 0.29) is 11.9 Å². The number of nitrogens with zero attached hydrogens (tertiary/aromatic N) is 3. The minimum absolute atomic E-state index is 0.328. The number of carbonyl (C=O) groups excluding carboxylic acids is 1. The first-order valence-electron chi connectivity index (χ1n) is 7.58. The summed E-state index contributed by atoms with van der Waals surface area (Å²) < 4.78 is 24.4. The van der Waals surface area contributed by atoms with Crippen LogP contribution in [0, 0.1) is 11.7 Å². The average Bonchev–Trinajstić information content (AvgIpc) is 3.06. The van der Waals surface area contributed by atoms with Gasteiger partial charge in [-0.2, -0.15) is 5.10 Å². The van der Waals surface area contributed by atoms with Crippen LogP contribution < -0.4 is 9.64 Å². The molecule has 2 aromatic rings. The van der Waals surface area contributed by atoms with Crippen molar-refractivity contribution in [1.82, 2.24) is 10.2 Å². The Bertz CT molecular complexity index is 726. The summed E-state index contributed by atoms with van der Waals surface area (Å²) in [5.74, 6) is -0.460. The van der Waals surface area contributed by atoms with E-state index in [4.69, 9.17) is 9.47 Å². The molecule has 0 N–H and O–H groups in total. The van der Waals surface area contributed by atoms with E-state index in [1.807, 2.05) is 11.0 Å². The second-order valence-corrected chi connectivity index (χ2v) is 5.61. The number of carbonyl (C=O) groups is 1. The van der Waals surface area contributed by atoms with Crippen molar-refractivity contribution in [2.24, 2.45) is 5.92 Å². The number of aromatic nitrogens is 2. The maximum absolute atomic E-state index is 14.5. The fourth-order valence-corrected chi connectivity index (χ4v) is 3.09. The van der Waals surface area contributed by atoms with Crippen molar-refractivity contribution in [1.29, 1.82) is 0 Å². The molecule has 2 atom stereocenters. The van der Waals surface area contributed by atoms with Crippen LogP contribution >= 0.6 is 0 Å². The number of benzene rings is 1. The Balaban J connectivity index is 1.93. The molecule has 24 heavy (non-hydrogen) atoms. The zero-order chi connectivity index (χ0) is 17.1. The molecule has 0 radical (unpaired) electrons. The van der Waals surface area contributed by atoms with E-state index in [2.05, 4.69) is 10.2 Å². The van der Waals surface area contributed by atoms with E-state index in [0.29, 0.717) is 30.2 Å². The number of ether oxygens (including phenoxy) is 2. The first kappa shape index (κ1) is 16.2. The normalized spacial score (nSPS) is 20.0. The molecular formula is C17H18FN3O3. The molecule has 1 aromatic carbocycles. The highest BCUT2D eigenvalue weighted by Crippen LogP contribution is 2.37. The minimum Gasteiger partial charge on any atom is -0.497 e. The van der Waals surface area contributed by atoms with Gasteiger partial charge in [0.25, 0.3) is 0 Å². The number of rotatable bonds is 4. The van der Waals surface area contributed by atoms with Gasteiger partial charge in [0.2, 0.25) is 0 Å². The summed E-state index contributed by atoms with van der Waals surface area (Å²) in [7, 11) is 2.83. The topological polar surface area (TPSA) is 64.5 Å². The predicted octanol–water partition coefficient (Wildman–Crippen LogP) is 2.02. The average molecular weight is 331 g/mol. The Morgan fingerprint density at radius 3 is 2.75 bits per heavy atom. The zero-order valence-electron chi connectivity index (χ0n) is 13.5. The van der Waals surface area contributed by atoms with Crippen LogP contribution in [0.3, 0.4) is 0 Å². The van der Waals surface area contributed by atoms with Gasteiger partial charge in [-0.15, -0.1) is 5.10 Å². The summed E-state index contributed by atoms with van der Waals surface area (Å²) in [5.41, 5.74) is 0.470. The lowest BCUT2D eigenvalue weighted by atomic mass is 9.88. The summed E-state index contributed by atoms with van der Waals surface area (Å²) >= 11 is 0. The molecule has 1 fully saturated rings. The molecule has 0 saturated carbocycles. The Kier molecular flexibility index (Phi) is 4.59. The van der Waals surface area contributed by atoms with Crippen molar-refractivity contribution in [3.05, 3.63) is 47.9 Å². The van der Waals surface area contributed by atoms with E-state index < -0.39 is 11.7 Å². The summed E-state index contributed by atoms with van der Waals surface area (Å²) in [6.07, 6.45) is 1.58. The van der Waals surface area contributed by atoms with Crippen molar-refractivity contribution in [3.63, 3.8) is 0 Å². The highest BCUT2D eigenvalue weighted by molar-refractivity contribution is 5.75. The van der Waals surface area contributed by atoms with Crippen molar-refractivity contribution >= 4 is 11.8 Å². The largest absolute Gasteiger partial charge is 0.497 e. The van der Waals surface area contributed by atoms with E-state index in [0.717, 1.165) is 0 Å². The Morgan fingerprint density at radius 1 is 1.29 bits per heavy atom. The number of methoxy groups -OCH3 is 2. The highest BCUT2D eigenvalue weighted by Gasteiger charge is 2.41. The van der Waals surface area contributed by atoms with Crippen molar-refractivity contribution < 1.29 is 18.7 Å². The van der Waals surface area contributed by atoms with Gasteiger partial charge in [0.05, 0.1) is 20.1 Å².